The SMILES string of the molecule is CC(C)c1cc(-c2ccc(F)cc2)cc(C(C)C)c1-[n+]1cn(-c2cccc(Oc3ccc4c5ccccc5n(-c5cc(C(C)(C)C)ccn5)c4c3)c2)c2ccccc21. The Hall–Kier alpha value is -6.53. The molecule has 0 amide bonds. The minimum Gasteiger partial charge on any atom is -0.457 e. The number of benzene rings is 6. The van der Waals surface area contributed by atoms with Crippen molar-refractivity contribution in [3.63, 3.8) is 0 Å². The molecule has 0 aliphatic heterocycles. The summed E-state index contributed by atoms with van der Waals surface area (Å²) in [4.78, 5) is 4.86. The van der Waals surface area contributed by atoms with Crippen molar-refractivity contribution < 1.29 is 13.7 Å². The molecule has 9 aromatic rings. The van der Waals surface area contributed by atoms with Crippen LogP contribution >= 0.6 is 0 Å². The first-order chi connectivity index (χ1) is 27.9. The lowest BCUT2D eigenvalue weighted by molar-refractivity contribution is -0.569. The average Bonchev–Trinajstić information content (AvgIpc) is 3.76. The first-order valence-electron chi connectivity index (χ1n) is 20.2. The van der Waals surface area contributed by atoms with Gasteiger partial charge in [0.15, 0.2) is 11.0 Å². The predicted molar refractivity (Wildman–Crippen MR) is 236 cm³/mol. The van der Waals surface area contributed by atoms with Crippen LogP contribution in [-0.2, 0) is 5.41 Å². The molecular formula is C52H48FN4O+. The van der Waals surface area contributed by atoms with Crippen molar-refractivity contribution >= 4 is 32.8 Å². The van der Waals surface area contributed by atoms with E-state index in [1.807, 2.05) is 24.4 Å². The molecule has 0 radical (unpaired) electrons. The minimum absolute atomic E-state index is 0.0106. The van der Waals surface area contributed by atoms with E-state index in [1.165, 1.54) is 39.9 Å². The van der Waals surface area contributed by atoms with E-state index in [0.29, 0.717) is 0 Å². The fraction of sp³-hybridized carbons (Fsp3) is 0.192. The summed E-state index contributed by atoms with van der Waals surface area (Å²) in [5.74, 6) is 2.63. The lowest BCUT2D eigenvalue weighted by atomic mass is 9.88. The van der Waals surface area contributed by atoms with E-state index in [2.05, 4.69) is 178 Å². The van der Waals surface area contributed by atoms with Crippen LogP contribution in [0.1, 0.15) is 77.0 Å². The summed E-state index contributed by atoms with van der Waals surface area (Å²) in [6.45, 7) is 15.7. The quantitative estimate of drug-likeness (QED) is 0.145. The Labute approximate surface area is 339 Å². The molecule has 3 aromatic heterocycles. The van der Waals surface area contributed by atoms with E-state index in [4.69, 9.17) is 9.72 Å². The van der Waals surface area contributed by atoms with E-state index in [9.17, 15) is 4.39 Å². The maximum Gasteiger partial charge on any atom is 0.255 e. The van der Waals surface area contributed by atoms with Gasteiger partial charge in [0, 0.05) is 40.2 Å². The van der Waals surface area contributed by atoms with Crippen molar-refractivity contribution in [3.05, 3.63) is 175 Å². The van der Waals surface area contributed by atoms with Crippen LogP contribution in [0.5, 0.6) is 11.5 Å². The van der Waals surface area contributed by atoms with Crippen LogP contribution in [0.15, 0.2) is 152 Å². The van der Waals surface area contributed by atoms with Gasteiger partial charge in [0.2, 0.25) is 0 Å². The molecule has 0 fully saturated rings. The van der Waals surface area contributed by atoms with Crippen LogP contribution in [0.3, 0.4) is 0 Å². The summed E-state index contributed by atoms with van der Waals surface area (Å²) in [7, 11) is 0. The van der Waals surface area contributed by atoms with Crippen LogP contribution in [0.2, 0.25) is 0 Å². The van der Waals surface area contributed by atoms with Crippen LogP contribution in [0, 0.1) is 5.82 Å². The number of ether oxygens (including phenoxy) is 1. The Bertz CT molecular complexity index is 2950. The molecule has 0 saturated heterocycles. The van der Waals surface area contributed by atoms with Gasteiger partial charge < -0.3 is 4.74 Å². The smallest absolute Gasteiger partial charge is 0.255 e. The standard InChI is InChI=1S/C52H48FN4O/c1-33(2)44-27-36(35-19-21-38(53)22-20-35)28-45(34(3)4)51(44)56-32-55(47-17-10-11-18-48(47)56)39-13-12-14-40(30-39)58-41-23-24-43-42-15-8-9-16-46(42)57(49(43)31-41)50-29-37(25-26-54-50)52(5,6)7/h8-34H,1-7H3/q+1. The van der Waals surface area contributed by atoms with Gasteiger partial charge >= 0.3 is 0 Å². The van der Waals surface area contributed by atoms with Crippen LogP contribution < -0.4 is 9.30 Å². The highest BCUT2D eigenvalue weighted by Gasteiger charge is 2.27. The van der Waals surface area contributed by atoms with Gasteiger partial charge in [-0.15, -0.1) is 0 Å². The van der Waals surface area contributed by atoms with Gasteiger partial charge in [-0.1, -0.05) is 97.0 Å². The number of para-hydroxylation sites is 3. The second-order valence-corrected chi connectivity index (χ2v) is 16.9. The van der Waals surface area contributed by atoms with Crippen LogP contribution in [0.4, 0.5) is 4.39 Å². The normalized spacial score (nSPS) is 12.1. The maximum absolute atomic E-state index is 13.9. The van der Waals surface area contributed by atoms with Crippen molar-refractivity contribution in [1.82, 2.24) is 14.1 Å². The van der Waals surface area contributed by atoms with Gasteiger partial charge in [0.1, 0.15) is 34.5 Å². The molecule has 0 saturated carbocycles. The van der Waals surface area contributed by atoms with Gasteiger partial charge in [-0.25, -0.2) is 9.37 Å². The second-order valence-electron chi connectivity index (χ2n) is 16.9. The van der Waals surface area contributed by atoms with Crippen molar-refractivity contribution in [1.29, 1.82) is 0 Å². The Morgan fingerprint density at radius 1 is 0.621 bits per heavy atom. The molecule has 0 spiro atoms. The Morgan fingerprint density at radius 3 is 2.02 bits per heavy atom. The number of hydrogen-bond donors (Lipinski definition) is 0. The molecule has 58 heavy (non-hydrogen) atoms. The third-order valence-corrected chi connectivity index (χ3v) is 11.3. The number of rotatable bonds is 8. The number of nitrogens with zero attached hydrogens (tertiary/aromatic N) is 4. The molecule has 0 bridgehead atoms. The molecule has 0 N–H and O–H groups in total. The zero-order chi connectivity index (χ0) is 40.3. The topological polar surface area (TPSA) is 35.9 Å². The van der Waals surface area contributed by atoms with Crippen molar-refractivity contribution in [2.24, 2.45) is 0 Å². The highest BCUT2D eigenvalue weighted by Crippen LogP contribution is 2.38. The molecule has 6 aromatic carbocycles. The zero-order valence-corrected chi connectivity index (χ0v) is 34.2. The lowest BCUT2D eigenvalue weighted by Gasteiger charge is -2.20. The van der Waals surface area contributed by atoms with Crippen molar-refractivity contribution in [2.75, 3.05) is 0 Å². The molecule has 288 valence electrons. The first-order valence-corrected chi connectivity index (χ1v) is 20.2. The fourth-order valence-electron chi connectivity index (χ4n) is 8.24. The van der Waals surface area contributed by atoms with E-state index >= 15 is 0 Å². The van der Waals surface area contributed by atoms with E-state index in [1.54, 1.807) is 0 Å². The van der Waals surface area contributed by atoms with Gasteiger partial charge in [-0.2, -0.15) is 9.13 Å². The van der Waals surface area contributed by atoms with Gasteiger partial charge in [0.05, 0.1) is 11.0 Å². The van der Waals surface area contributed by atoms with Crippen molar-refractivity contribution in [3.8, 4) is 39.8 Å². The molecular weight excluding hydrogens is 716 g/mol. The Morgan fingerprint density at radius 2 is 1.29 bits per heavy atom. The summed E-state index contributed by atoms with van der Waals surface area (Å²) in [5.41, 5.74) is 12.3. The second kappa shape index (κ2) is 14.4. The number of imidazole rings is 1. The predicted octanol–water partition coefficient (Wildman–Crippen LogP) is 13.5. The average molecular weight is 764 g/mol. The monoisotopic (exact) mass is 763 g/mol. The number of fused-ring (bicyclic) bond motifs is 4. The summed E-state index contributed by atoms with van der Waals surface area (Å²) in [5, 5.41) is 2.32. The zero-order valence-electron chi connectivity index (χ0n) is 34.2. The molecule has 0 unspecified atom stereocenters. The molecule has 0 aliphatic carbocycles. The molecule has 6 heteroatoms. The Balaban J connectivity index is 1.14. The summed E-state index contributed by atoms with van der Waals surface area (Å²) < 4.78 is 27.5. The third kappa shape index (κ3) is 6.62. The van der Waals surface area contributed by atoms with E-state index in [0.717, 1.165) is 61.6 Å². The number of pyridine rings is 1. The molecule has 5 nitrogen and oxygen atoms in total. The molecule has 3 heterocycles. The van der Waals surface area contributed by atoms with Crippen molar-refractivity contribution in [2.45, 2.75) is 65.7 Å². The minimum atomic E-state index is -0.230. The number of hydrogen-bond acceptors (Lipinski definition) is 2. The first kappa shape index (κ1) is 37.1. The fourth-order valence-corrected chi connectivity index (χ4v) is 8.24. The summed E-state index contributed by atoms with van der Waals surface area (Å²) in [6.07, 6.45) is 4.12. The van der Waals surface area contributed by atoms with Crippen LogP contribution in [0.25, 0.3) is 61.2 Å². The van der Waals surface area contributed by atoms with E-state index < -0.39 is 0 Å². The number of halogens is 1. The maximum atomic E-state index is 13.9. The highest BCUT2D eigenvalue weighted by molar-refractivity contribution is 6.09. The van der Waals surface area contributed by atoms with E-state index in [-0.39, 0.29) is 23.1 Å². The Kier molecular flexibility index (Phi) is 9.23. The van der Waals surface area contributed by atoms with Crippen LogP contribution in [-0.4, -0.2) is 14.1 Å². The van der Waals surface area contributed by atoms with Gasteiger partial charge in [-0.3, -0.25) is 4.57 Å². The third-order valence-electron chi connectivity index (χ3n) is 11.3. The lowest BCUT2D eigenvalue weighted by Crippen LogP contribution is -2.33. The highest BCUT2D eigenvalue weighted by atomic mass is 19.1. The number of aromatic nitrogens is 4. The summed E-state index contributed by atoms with van der Waals surface area (Å²) >= 11 is 0. The van der Waals surface area contributed by atoms with Gasteiger partial charge in [-0.05, 0) is 113 Å². The molecule has 9 rings (SSSR count). The molecule has 0 atom stereocenters. The largest absolute Gasteiger partial charge is 0.457 e. The molecule has 0 aliphatic rings. The van der Waals surface area contributed by atoms with Gasteiger partial charge in [0.25, 0.3) is 6.33 Å². The summed E-state index contributed by atoms with van der Waals surface area (Å²) in [6, 6.07) is 47.4.